The van der Waals surface area contributed by atoms with E-state index in [0.717, 1.165) is 33.4 Å². The number of hydrogen-bond donors (Lipinski definition) is 3. The summed E-state index contributed by atoms with van der Waals surface area (Å²) in [4.78, 5) is 31.5. The first kappa shape index (κ1) is 28.2. The maximum atomic E-state index is 10.6. The molecule has 3 heterocycles. The van der Waals surface area contributed by atoms with Gasteiger partial charge in [0.25, 0.3) is 5.79 Å². The van der Waals surface area contributed by atoms with E-state index in [2.05, 4.69) is 9.47 Å². The molecule has 2 aromatic carbocycles. The fourth-order valence-electron chi connectivity index (χ4n) is 3.75. The quantitative estimate of drug-likeness (QED) is 0.288. The van der Waals surface area contributed by atoms with Crippen LogP contribution >= 0.6 is 0 Å². The number of ether oxygens (including phenoxy) is 3. The summed E-state index contributed by atoms with van der Waals surface area (Å²) in [6, 6.07) is 11.1. The number of carbonyl (C=O) groups is 3. The Balaban J connectivity index is 0.000000158. The van der Waals surface area contributed by atoms with Gasteiger partial charge in [-0.2, -0.15) is 0 Å². The zero-order valence-corrected chi connectivity index (χ0v) is 20.8. The van der Waals surface area contributed by atoms with Crippen molar-refractivity contribution in [1.82, 2.24) is 0 Å². The lowest BCUT2D eigenvalue weighted by Gasteiger charge is -2.28. The van der Waals surface area contributed by atoms with Crippen molar-refractivity contribution in [2.24, 2.45) is 0 Å². The number of carboxylic acids is 1. The average molecular weight is 514 g/mol. The highest BCUT2D eigenvalue weighted by Gasteiger charge is 2.34. The lowest BCUT2D eigenvalue weighted by Crippen LogP contribution is -2.39. The van der Waals surface area contributed by atoms with Gasteiger partial charge in [0.2, 0.25) is 0 Å². The third kappa shape index (κ3) is 8.05. The normalized spacial score (nSPS) is 16.8. The van der Waals surface area contributed by atoms with Crippen LogP contribution in [-0.2, 0) is 52.8 Å². The Morgan fingerprint density at radius 3 is 2.00 bits per heavy atom. The molecule has 5 rings (SSSR count). The van der Waals surface area contributed by atoms with Crippen molar-refractivity contribution in [2.45, 2.75) is 52.1 Å². The summed E-state index contributed by atoms with van der Waals surface area (Å²) < 4.78 is 24.4. The zero-order chi connectivity index (χ0) is 27.2. The van der Waals surface area contributed by atoms with Crippen LogP contribution in [0.1, 0.15) is 43.4 Å². The van der Waals surface area contributed by atoms with Crippen LogP contribution in [0, 0.1) is 0 Å². The van der Waals surface area contributed by atoms with Crippen LogP contribution in [0.25, 0.3) is 0 Å². The van der Waals surface area contributed by atoms with Crippen molar-refractivity contribution in [2.75, 3.05) is 7.11 Å². The van der Waals surface area contributed by atoms with Crippen molar-refractivity contribution in [3.8, 4) is 5.75 Å². The van der Waals surface area contributed by atoms with Crippen molar-refractivity contribution in [3.05, 3.63) is 53.1 Å². The summed E-state index contributed by atoms with van der Waals surface area (Å²) in [5, 5.41) is 27.3. The highest BCUT2D eigenvalue weighted by molar-refractivity contribution is 6.62. The number of carboxylic acid groups (broad SMARTS) is 1. The molecular formula is C24H28B2O11. The van der Waals surface area contributed by atoms with Gasteiger partial charge in [-0.15, -0.1) is 0 Å². The SMILES string of the molecule is CC1(C)OC(=O)CC(=O)O1.COc1ccc2c(c1)B(O)OC2.O=C(O)CCc1ccc2c(c1)B(O)OC2. The number of esters is 2. The van der Waals surface area contributed by atoms with Crippen LogP contribution in [0.4, 0.5) is 0 Å². The van der Waals surface area contributed by atoms with E-state index in [1.54, 1.807) is 13.2 Å². The first-order valence-corrected chi connectivity index (χ1v) is 11.5. The molecular weight excluding hydrogens is 486 g/mol. The van der Waals surface area contributed by atoms with Gasteiger partial charge in [0.15, 0.2) is 0 Å². The van der Waals surface area contributed by atoms with E-state index in [1.807, 2.05) is 30.3 Å². The number of methoxy groups -OCH3 is 1. The van der Waals surface area contributed by atoms with E-state index < -0.39 is 37.9 Å². The van der Waals surface area contributed by atoms with Crippen LogP contribution in [0.5, 0.6) is 5.75 Å². The van der Waals surface area contributed by atoms with Crippen molar-refractivity contribution >= 4 is 43.1 Å². The maximum absolute atomic E-state index is 10.6. The summed E-state index contributed by atoms with van der Waals surface area (Å²) in [5.41, 5.74) is 4.50. The topological polar surface area (TPSA) is 158 Å². The van der Waals surface area contributed by atoms with Gasteiger partial charge in [-0.05, 0) is 46.2 Å². The number of hydrogen-bond acceptors (Lipinski definition) is 10. The number of rotatable bonds is 4. The van der Waals surface area contributed by atoms with Crippen LogP contribution in [0.15, 0.2) is 36.4 Å². The van der Waals surface area contributed by atoms with Gasteiger partial charge in [0.05, 0.1) is 20.3 Å². The van der Waals surface area contributed by atoms with Gasteiger partial charge in [-0.25, -0.2) is 0 Å². The van der Waals surface area contributed by atoms with Gasteiger partial charge in [-0.3, -0.25) is 14.4 Å². The maximum Gasteiger partial charge on any atom is 0.491 e. The summed E-state index contributed by atoms with van der Waals surface area (Å²) in [6.07, 6.45) is 0.314. The molecule has 37 heavy (non-hydrogen) atoms. The highest BCUT2D eigenvalue weighted by Crippen LogP contribution is 2.18. The van der Waals surface area contributed by atoms with Crippen molar-refractivity contribution in [3.63, 3.8) is 0 Å². The van der Waals surface area contributed by atoms with E-state index in [0.29, 0.717) is 19.6 Å². The molecule has 0 aromatic heterocycles. The summed E-state index contributed by atoms with van der Waals surface area (Å²) in [5.74, 6) is -2.19. The molecule has 0 saturated carbocycles. The number of cyclic esters (lactones) is 2. The molecule has 3 N–H and O–H groups in total. The van der Waals surface area contributed by atoms with Crippen LogP contribution in [0.2, 0.25) is 0 Å². The summed E-state index contributed by atoms with van der Waals surface area (Å²) >= 11 is 0. The number of aryl methyl sites for hydroxylation is 1. The molecule has 1 saturated heterocycles. The Morgan fingerprint density at radius 1 is 0.946 bits per heavy atom. The molecule has 0 atom stereocenters. The minimum Gasteiger partial charge on any atom is -0.497 e. The first-order chi connectivity index (χ1) is 17.5. The zero-order valence-electron chi connectivity index (χ0n) is 20.8. The van der Waals surface area contributed by atoms with E-state index in [4.69, 9.17) is 19.2 Å². The molecule has 0 bridgehead atoms. The molecule has 0 spiro atoms. The highest BCUT2D eigenvalue weighted by atomic mass is 16.7. The summed E-state index contributed by atoms with van der Waals surface area (Å²) in [7, 11) is -0.0379. The second-order valence-corrected chi connectivity index (χ2v) is 8.84. The van der Waals surface area contributed by atoms with Crippen LogP contribution < -0.4 is 15.7 Å². The Labute approximate surface area is 214 Å². The standard InChI is InChI=1S/C10H11BO4.C8H9BO3.C6H8O4/c12-10(13)4-2-7-1-3-8-6-15-11(14)9(8)5-7;1-11-7-3-2-6-5-12-9(10)8(6)4-7;1-6(2)9-4(7)3-5(8)10-6/h1,3,5,14H,2,4,6H2,(H,12,13);2-4,10H,5H2,1H3;3H2,1-2H3. The Kier molecular flexibility index (Phi) is 9.33. The molecule has 2 aromatic rings. The largest absolute Gasteiger partial charge is 0.497 e. The van der Waals surface area contributed by atoms with E-state index in [-0.39, 0.29) is 12.8 Å². The van der Waals surface area contributed by atoms with Gasteiger partial charge >= 0.3 is 32.1 Å². The molecule has 0 radical (unpaired) electrons. The molecule has 3 aliphatic heterocycles. The van der Waals surface area contributed by atoms with E-state index in [9.17, 15) is 24.4 Å². The fourth-order valence-corrected chi connectivity index (χ4v) is 3.75. The van der Waals surface area contributed by atoms with Crippen LogP contribution in [-0.4, -0.2) is 60.2 Å². The third-order valence-electron chi connectivity index (χ3n) is 5.52. The Morgan fingerprint density at radius 2 is 1.49 bits per heavy atom. The predicted molar refractivity (Wildman–Crippen MR) is 131 cm³/mol. The van der Waals surface area contributed by atoms with Crippen molar-refractivity contribution < 1.29 is 53.1 Å². The number of benzene rings is 2. The monoisotopic (exact) mass is 514 g/mol. The van der Waals surface area contributed by atoms with Crippen molar-refractivity contribution in [1.29, 1.82) is 0 Å². The first-order valence-electron chi connectivity index (χ1n) is 11.5. The third-order valence-corrected chi connectivity index (χ3v) is 5.52. The van der Waals surface area contributed by atoms with Gasteiger partial charge in [-0.1, -0.05) is 24.3 Å². The molecule has 196 valence electrons. The lowest BCUT2D eigenvalue weighted by molar-refractivity contribution is -0.231. The molecule has 13 heteroatoms. The lowest BCUT2D eigenvalue weighted by atomic mass is 9.78. The number of aliphatic carboxylic acids is 1. The Hall–Kier alpha value is -3.38. The minimum atomic E-state index is -1.08. The van der Waals surface area contributed by atoms with E-state index in [1.165, 1.54) is 13.8 Å². The number of fused-ring (bicyclic) bond motifs is 2. The minimum absolute atomic E-state index is 0.107. The molecule has 3 aliphatic rings. The Bertz CT molecular complexity index is 1130. The number of carbonyl (C=O) groups excluding carboxylic acids is 2. The van der Waals surface area contributed by atoms with Gasteiger partial charge in [0, 0.05) is 20.3 Å². The van der Waals surface area contributed by atoms with Gasteiger partial charge < -0.3 is 38.7 Å². The molecule has 0 unspecified atom stereocenters. The smallest absolute Gasteiger partial charge is 0.491 e. The van der Waals surface area contributed by atoms with E-state index >= 15 is 0 Å². The predicted octanol–water partition coefficient (Wildman–Crippen LogP) is 0.0470. The van der Waals surface area contributed by atoms with Crippen LogP contribution in [0.3, 0.4) is 0 Å². The molecule has 1 fully saturated rings. The second kappa shape index (κ2) is 12.2. The van der Waals surface area contributed by atoms with Gasteiger partial charge in [0.1, 0.15) is 12.2 Å². The summed E-state index contributed by atoms with van der Waals surface area (Å²) in [6.45, 7) is 3.94. The second-order valence-electron chi connectivity index (χ2n) is 8.84. The fraction of sp³-hybridized carbons (Fsp3) is 0.375. The average Bonchev–Trinajstić information content (AvgIpc) is 3.39. The molecule has 0 amide bonds. The molecule has 11 nitrogen and oxygen atoms in total. The molecule has 0 aliphatic carbocycles.